The minimum Gasteiger partial charge on any atom is -0.352 e. The van der Waals surface area contributed by atoms with E-state index in [-0.39, 0.29) is 5.91 Å². The van der Waals surface area contributed by atoms with Crippen LogP contribution in [0.4, 0.5) is 16.0 Å². The van der Waals surface area contributed by atoms with Gasteiger partial charge in [0.05, 0.1) is 12.2 Å². The highest BCUT2D eigenvalue weighted by Crippen LogP contribution is 2.21. The SMILES string of the molecule is Cc1nc2ccc(N3CCC(F)C3)nn2c1C(=O)Nc1ccncn1. The van der Waals surface area contributed by atoms with Crippen LogP contribution in [0.5, 0.6) is 0 Å². The van der Waals surface area contributed by atoms with Gasteiger partial charge in [-0.05, 0) is 31.5 Å². The van der Waals surface area contributed by atoms with Crippen LogP contribution in [0.2, 0.25) is 0 Å². The van der Waals surface area contributed by atoms with E-state index in [1.165, 1.54) is 10.8 Å². The maximum absolute atomic E-state index is 13.5. The van der Waals surface area contributed by atoms with E-state index in [1.807, 2.05) is 4.90 Å². The highest BCUT2D eigenvalue weighted by Gasteiger charge is 2.24. The molecule has 25 heavy (non-hydrogen) atoms. The molecule has 9 heteroatoms. The van der Waals surface area contributed by atoms with E-state index in [0.29, 0.717) is 48.2 Å². The molecule has 4 rings (SSSR count). The lowest BCUT2D eigenvalue weighted by Gasteiger charge is -2.16. The first-order chi connectivity index (χ1) is 12.1. The molecule has 0 bridgehead atoms. The molecule has 0 radical (unpaired) electrons. The molecular formula is C16H16FN7O. The smallest absolute Gasteiger partial charge is 0.277 e. The van der Waals surface area contributed by atoms with E-state index in [0.717, 1.165) is 0 Å². The number of aromatic nitrogens is 5. The number of hydrogen-bond acceptors (Lipinski definition) is 6. The number of anilines is 2. The number of amides is 1. The number of hydrogen-bond donors (Lipinski definition) is 1. The van der Waals surface area contributed by atoms with Crippen LogP contribution in [0.3, 0.4) is 0 Å². The average molecular weight is 341 g/mol. The first-order valence-electron chi connectivity index (χ1n) is 7.94. The Morgan fingerprint density at radius 3 is 2.96 bits per heavy atom. The highest BCUT2D eigenvalue weighted by molar-refractivity contribution is 6.03. The lowest BCUT2D eigenvalue weighted by Crippen LogP contribution is -2.23. The van der Waals surface area contributed by atoms with E-state index in [9.17, 15) is 9.18 Å². The van der Waals surface area contributed by atoms with E-state index < -0.39 is 6.17 Å². The van der Waals surface area contributed by atoms with Crippen LogP contribution in [-0.4, -0.2) is 49.7 Å². The fourth-order valence-electron chi connectivity index (χ4n) is 2.93. The van der Waals surface area contributed by atoms with Crippen molar-refractivity contribution in [3.8, 4) is 0 Å². The first kappa shape index (κ1) is 15.4. The molecule has 128 valence electrons. The predicted molar refractivity (Wildman–Crippen MR) is 89.4 cm³/mol. The third-order valence-corrected chi connectivity index (χ3v) is 4.13. The number of rotatable bonds is 3. The molecule has 1 fully saturated rings. The summed E-state index contributed by atoms with van der Waals surface area (Å²) in [7, 11) is 0. The molecule has 0 saturated carbocycles. The lowest BCUT2D eigenvalue weighted by molar-refractivity contribution is 0.101. The number of carbonyl (C=O) groups excluding carboxylic acids is 1. The van der Waals surface area contributed by atoms with Crippen LogP contribution in [-0.2, 0) is 0 Å². The minimum atomic E-state index is -0.845. The summed E-state index contributed by atoms with van der Waals surface area (Å²) in [6.07, 6.45) is 2.54. The third-order valence-electron chi connectivity index (χ3n) is 4.13. The van der Waals surface area contributed by atoms with Gasteiger partial charge in [0.15, 0.2) is 11.3 Å². The van der Waals surface area contributed by atoms with Crippen LogP contribution >= 0.6 is 0 Å². The van der Waals surface area contributed by atoms with Gasteiger partial charge in [0.25, 0.3) is 5.91 Å². The van der Waals surface area contributed by atoms with Crippen LogP contribution in [0.15, 0.2) is 30.7 Å². The van der Waals surface area contributed by atoms with E-state index >= 15 is 0 Å². The standard InChI is InChI=1S/C16H16FN7O/c1-10-15(16(25)21-12-4-6-18-9-19-12)24-13(20-10)2-3-14(22-24)23-7-5-11(17)8-23/h2-4,6,9,11H,5,7-8H2,1H3,(H,18,19,21,25). The summed E-state index contributed by atoms with van der Waals surface area (Å²) in [5.41, 5.74) is 1.44. The van der Waals surface area contributed by atoms with Crippen LogP contribution in [0.25, 0.3) is 5.65 Å². The summed E-state index contributed by atoms with van der Waals surface area (Å²) in [5, 5.41) is 7.20. The van der Waals surface area contributed by atoms with Crippen molar-refractivity contribution in [2.75, 3.05) is 23.3 Å². The monoisotopic (exact) mass is 341 g/mol. The highest BCUT2D eigenvalue weighted by atomic mass is 19.1. The molecule has 0 spiro atoms. The third kappa shape index (κ3) is 2.88. The Balaban J connectivity index is 1.70. The number of imidazole rings is 1. The minimum absolute atomic E-state index is 0.314. The Labute approximate surface area is 142 Å². The van der Waals surface area contributed by atoms with Gasteiger partial charge in [-0.1, -0.05) is 0 Å². The van der Waals surface area contributed by atoms with Gasteiger partial charge in [-0.2, -0.15) is 0 Å². The molecular weight excluding hydrogens is 325 g/mol. The van der Waals surface area contributed by atoms with Crippen molar-refractivity contribution in [1.82, 2.24) is 24.6 Å². The molecule has 3 aromatic heterocycles. The summed E-state index contributed by atoms with van der Waals surface area (Å²) in [6, 6.07) is 5.18. The molecule has 0 aromatic carbocycles. The quantitative estimate of drug-likeness (QED) is 0.779. The van der Waals surface area contributed by atoms with Gasteiger partial charge >= 0.3 is 0 Å². The molecule has 1 aliphatic rings. The van der Waals surface area contributed by atoms with Crippen molar-refractivity contribution in [3.05, 3.63) is 42.1 Å². The number of nitrogens with one attached hydrogen (secondary N) is 1. The van der Waals surface area contributed by atoms with E-state index in [4.69, 9.17) is 0 Å². The number of alkyl halides is 1. The Bertz CT molecular complexity index is 927. The molecule has 4 heterocycles. The second kappa shape index (κ2) is 6.08. The molecule has 8 nitrogen and oxygen atoms in total. The Hall–Kier alpha value is -3.10. The molecule has 0 aliphatic carbocycles. The van der Waals surface area contributed by atoms with Crippen molar-refractivity contribution < 1.29 is 9.18 Å². The Morgan fingerprint density at radius 2 is 2.24 bits per heavy atom. The lowest BCUT2D eigenvalue weighted by atomic mass is 10.3. The molecule has 1 atom stereocenters. The fraction of sp³-hybridized carbons (Fsp3) is 0.312. The second-order valence-electron chi connectivity index (χ2n) is 5.89. The van der Waals surface area contributed by atoms with Gasteiger partial charge in [-0.15, -0.1) is 5.10 Å². The van der Waals surface area contributed by atoms with Crippen molar-refractivity contribution in [1.29, 1.82) is 0 Å². The van der Waals surface area contributed by atoms with Gasteiger partial charge in [-0.25, -0.2) is 23.9 Å². The fourth-order valence-corrected chi connectivity index (χ4v) is 2.93. The van der Waals surface area contributed by atoms with Crippen molar-refractivity contribution in [2.24, 2.45) is 0 Å². The maximum atomic E-state index is 13.5. The van der Waals surface area contributed by atoms with Crippen LogP contribution < -0.4 is 10.2 Å². The number of halogens is 1. The molecule has 1 aliphatic heterocycles. The number of aryl methyl sites for hydroxylation is 1. The van der Waals surface area contributed by atoms with Gasteiger partial charge < -0.3 is 10.2 Å². The average Bonchev–Trinajstić information content (AvgIpc) is 3.17. The normalized spacial score (nSPS) is 17.2. The zero-order valence-electron chi connectivity index (χ0n) is 13.6. The predicted octanol–water partition coefficient (Wildman–Crippen LogP) is 1.63. The van der Waals surface area contributed by atoms with E-state index in [2.05, 4.69) is 25.4 Å². The molecule has 3 aromatic rings. The largest absolute Gasteiger partial charge is 0.352 e. The van der Waals surface area contributed by atoms with Crippen LogP contribution in [0, 0.1) is 6.92 Å². The van der Waals surface area contributed by atoms with Crippen LogP contribution in [0.1, 0.15) is 22.6 Å². The number of nitrogens with zero attached hydrogens (tertiary/aromatic N) is 6. The molecule has 1 unspecified atom stereocenters. The van der Waals surface area contributed by atoms with Crippen molar-refractivity contribution >= 4 is 23.2 Å². The Kier molecular flexibility index (Phi) is 3.75. The number of carbonyl (C=O) groups is 1. The molecule has 1 amide bonds. The topological polar surface area (TPSA) is 88.3 Å². The molecule has 1 N–H and O–H groups in total. The summed E-state index contributed by atoms with van der Waals surface area (Å²) < 4.78 is 15.0. The van der Waals surface area contributed by atoms with Gasteiger partial charge in [0, 0.05) is 12.7 Å². The van der Waals surface area contributed by atoms with Crippen molar-refractivity contribution in [2.45, 2.75) is 19.5 Å². The summed E-state index contributed by atoms with van der Waals surface area (Å²) in [6.45, 7) is 2.67. The number of fused-ring (bicyclic) bond motifs is 1. The first-order valence-corrected chi connectivity index (χ1v) is 7.94. The second-order valence-corrected chi connectivity index (χ2v) is 5.89. The van der Waals surface area contributed by atoms with Gasteiger partial charge in [0.2, 0.25) is 0 Å². The summed E-state index contributed by atoms with van der Waals surface area (Å²) in [4.78, 5) is 26.7. The van der Waals surface area contributed by atoms with Crippen molar-refractivity contribution in [3.63, 3.8) is 0 Å². The molecule has 1 saturated heterocycles. The van der Waals surface area contributed by atoms with Gasteiger partial charge in [0.1, 0.15) is 24.1 Å². The Morgan fingerprint density at radius 1 is 1.36 bits per heavy atom. The van der Waals surface area contributed by atoms with Gasteiger partial charge in [-0.3, -0.25) is 4.79 Å². The summed E-state index contributed by atoms with van der Waals surface area (Å²) >= 11 is 0. The zero-order chi connectivity index (χ0) is 17.4. The van der Waals surface area contributed by atoms with E-state index in [1.54, 1.807) is 31.3 Å². The summed E-state index contributed by atoms with van der Waals surface area (Å²) in [5.74, 6) is 0.657. The maximum Gasteiger partial charge on any atom is 0.277 e. The zero-order valence-corrected chi connectivity index (χ0v) is 13.6.